The summed E-state index contributed by atoms with van der Waals surface area (Å²) in [7, 11) is -3.34. The Bertz CT molecular complexity index is 2870. The Hall–Kier alpha value is -6.37. The number of carbonyl (C=O) groups excluding carboxylic acids is 2. The summed E-state index contributed by atoms with van der Waals surface area (Å²) < 4.78 is 47.2. The number of nitro groups is 1. The summed E-state index contributed by atoms with van der Waals surface area (Å²) in [4.78, 5) is 51.1. The highest BCUT2D eigenvalue weighted by Crippen LogP contribution is 2.44. The van der Waals surface area contributed by atoms with Crippen molar-refractivity contribution in [3.8, 4) is 17.2 Å². The minimum atomic E-state index is -4.69. The number of ether oxygens (including phenoxy) is 3. The number of nitrogens with zero attached hydrogens (tertiary/aromatic N) is 5. The number of rotatable bonds is 12. The smallest absolute Gasteiger partial charge is 0.409 e. The quantitative estimate of drug-likeness (QED) is 0.0792. The molecule has 2 fully saturated rings. The fourth-order valence-corrected chi connectivity index (χ4v) is 10.9. The number of piperidine rings is 1. The van der Waals surface area contributed by atoms with Crippen molar-refractivity contribution in [2.45, 2.75) is 63.3 Å². The van der Waals surface area contributed by atoms with Gasteiger partial charge < -0.3 is 34.3 Å². The fourth-order valence-electron chi connectivity index (χ4n) is 9.80. The van der Waals surface area contributed by atoms with Crippen molar-refractivity contribution in [3.63, 3.8) is 0 Å². The van der Waals surface area contributed by atoms with Crippen LogP contribution < -0.4 is 24.4 Å². The molecule has 17 nitrogen and oxygen atoms in total. The number of amides is 2. The number of methoxy groups -OCH3 is 1. The van der Waals surface area contributed by atoms with E-state index in [9.17, 15) is 28.1 Å². The number of nitro benzene ring substituents is 1. The highest BCUT2D eigenvalue weighted by molar-refractivity contribution is 7.90. The Morgan fingerprint density at radius 1 is 1.01 bits per heavy atom. The van der Waals surface area contributed by atoms with Crippen molar-refractivity contribution >= 4 is 67.3 Å². The molecule has 3 aromatic carbocycles. The zero-order valence-corrected chi connectivity index (χ0v) is 39.8. The molecule has 5 aromatic rings. The van der Waals surface area contributed by atoms with Gasteiger partial charge in [0.2, 0.25) is 0 Å². The molecular weight excluding hydrogens is 912 g/mol. The summed E-state index contributed by atoms with van der Waals surface area (Å²) in [6.07, 6.45) is 8.14. The number of likely N-dealkylation sites (tertiary alicyclic amines) is 1. The molecule has 0 unspecified atom stereocenters. The molecule has 2 saturated heterocycles. The number of carbonyl (C=O) groups is 2. The second-order valence-corrected chi connectivity index (χ2v) is 21.0. The van der Waals surface area contributed by atoms with Gasteiger partial charge in [0.25, 0.3) is 21.6 Å². The molecule has 5 heterocycles. The van der Waals surface area contributed by atoms with Gasteiger partial charge in [-0.15, -0.1) is 0 Å². The van der Waals surface area contributed by atoms with E-state index in [0.29, 0.717) is 44.0 Å². The van der Waals surface area contributed by atoms with Crippen LogP contribution in [0.25, 0.3) is 16.6 Å². The summed E-state index contributed by atoms with van der Waals surface area (Å²) in [6.45, 7) is 9.74. The molecule has 1 aliphatic carbocycles. The number of halogens is 1. The van der Waals surface area contributed by atoms with E-state index in [1.54, 1.807) is 29.3 Å². The third-order valence-corrected chi connectivity index (χ3v) is 15.1. The third-order valence-electron chi connectivity index (χ3n) is 13.6. The second-order valence-electron chi connectivity index (χ2n) is 18.9. The summed E-state index contributed by atoms with van der Waals surface area (Å²) in [5.41, 5.74) is 5.20. The number of anilines is 2. The number of sulfonamides is 1. The van der Waals surface area contributed by atoms with Crippen molar-refractivity contribution < 1.29 is 37.1 Å². The fraction of sp³-hybridized carbons (Fsp3) is 0.408. The van der Waals surface area contributed by atoms with Gasteiger partial charge in [-0.3, -0.25) is 19.8 Å². The number of nitrogens with one attached hydrogen (secondary N) is 3. The molecule has 2 amide bonds. The zero-order valence-electron chi connectivity index (χ0n) is 38.3. The minimum absolute atomic E-state index is 0.0219. The zero-order chi connectivity index (χ0) is 47.7. The molecule has 9 rings (SSSR count). The molecule has 358 valence electrons. The van der Waals surface area contributed by atoms with Crippen molar-refractivity contribution in [2.24, 2.45) is 11.3 Å². The van der Waals surface area contributed by atoms with Crippen LogP contribution in [-0.4, -0.2) is 111 Å². The predicted octanol–water partition coefficient (Wildman–Crippen LogP) is 8.86. The summed E-state index contributed by atoms with van der Waals surface area (Å²) in [6, 6.07) is 18.6. The largest absolute Gasteiger partial charge is 0.489 e. The van der Waals surface area contributed by atoms with E-state index < -0.39 is 31.4 Å². The van der Waals surface area contributed by atoms with Gasteiger partial charge in [-0.1, -0.05) is 43.2 Å². The maximum Gasteiger partial charge on any atom is 0.409 e. The van der Waals surface area contributed by atoms with Gasteiger partial charge in [0.1, 0.15) is 23.8 Å². The molecule has 1 atom stereocenters. The first-order valence-corrected chi connectivity index (χ1v) is 24.8. The number of aromatic nitrogens is 2. The lowest BCUT2D eigenvalue weighted by atomic mass is 9.72. The average molecular weight is 968 g/mol. The van der Waals surface area contributed by atoms with E-state index in [4.69, 9.17) is 25.8 Å². The molecule has 0 radical (unpaired) electrons. The van der Waals surface area contributed by atoms with Crippen LogP contribution in [0.3, 0.4) is 0 Å². The third kappa shape index (κ3) is 10.4. The van der Waals surface area contributed by atoms with Gasteiger partial charge in [-0.2, -0.15) is 0 Å². The van der Waals surface area contributed by atoms with Crippen molar-refractivity contribution in [3.05, 3.63) is 111 Å². The van der Waals surface area contributed by atoms with E-state index in [0.717, 1.165) is 73.9 Å². The van der Waals surface area contributed by atoms with Crippen LogP contribution in [0, 0.1) is 21.4 Å². The van der Waals surface area contributed by atoms with Gasteiger partial charge >= 0.3 is 6.09 Å². The average Bonchev–Trinajstić information content (AvgIpc) is 3.80. The van der Waals surface area contributed by atoms with Crippen LogP contribution in [0.15, 0.2) is 89.6 Å². The Kier molecular flexibility index (Phi) is 13.3. The second kappa shape index (κ2) is 19.3. The lowest BCUT2D eigenvalue weighted by Crippen LogP contribution is -2.47. The molecular formula is C49H55ClN8O9S. The van der Waals surface area contributed by atoms with Gasteiger partial charge in [0, 0.05) is 86.3 Å². The lowest BCUT2D eigenvalue weighted by Gasteiger charge is -2.39. The van der Waals surface area contributed by atoms with Crippen molar-refractivity contribution in [2.75, 3.05) is 69.7 Å². The summed E-state index contributed by atoms with van der Waals surface area (Å²) in [5, 5.41) is 17.1. The van der Waals surface area contributed by atoms with Gasteiger partial charge in [-0.25, -0.2) is 22.9 Å². The number of piperazine rings is 1. The number of aromatic amines is 1. The molecule has 19 heteroatoms. The van der Waals surface area contributed by atoms with Gasteiger partial charge in [0.15, 0.2) is 11.4 Å². The molecule has 0 bridgehead atoms. The van der Waals surface area contributed by atoms with E-state index in [-0.39, 0.29) is 52.8 Å². The molecule has 68 heavy (non-hydrogen) atoms. The number of H-pyrrole nitrogens is 1. The number of hydrogen-bond acceptors (Lipinski definition) is 13. The van der Waals surface area contributed by atoms with Crippen LogP contribution >= 0.6 is 11.6 Å². The maximum atomic E-state index is 14.1. The number of benzene rings is 3. The Morgan fingerprint density at radius 3 is 2.51 bits per heavy atom. The first kappa shape index (κ1) is 46.7. The van der Waals surface area contributed by atoms with E-state index in [1.165, 1.54) is 42.1 Å². The van der Waals surface area contributed by atoms with Crippen LogP contribution in [0.1, 0.15) is 68.3 Å². The standard InChI is InChI=1S/C49H55ClN8O9S/c1-49(2)14-10-34(41(27-49)32-4-6-35(50)7-5-32)29-55-18-20-56(21-19-55)37-8-9-40(43(24-37)67-38-23-33-11-15-51-46(33)52-28-38)47(59)54-68(63,64)39-25-42(58(61)62)45-44(26-39)66-30-36(53-45)22-31-12-16-57(17-13-31)48(60)65-3/h4-9,11,15,23-26,28,31,36,53H,10,12-14,16-22,27,29-30H2,1-3H3,(H,51,52)(H,54,59)/t36-/m0/s1. The normalized spacial score (nSPS) is 18.9. The Labute approximate surface area is 400 Å². The van der Waals surface area contributed by atoms with E-state index in [1.807, 2.05) is 18.2 Å². The minimum Gasteiger partial charge on any atom is -0.489 e. The highest BCUT2D eigenvalue weighted by atomic mass is 35.5. The number of hydrogen-bond donors (Lipinski definition) is 3. The molecule has 4 aliphatic rings. The van der Waals surface area contributed by atoms with Crippen molar-refractivity contribution in [1.29, 1.82) is 0 Å². The monoisotopic (exact) mass is 966 g/mol. The van der Waals surface area contributed by atoms with Crippen LogP contribution in [-0.2, 0) is 14.8 Å². The topological polar surface area (TPSA) is 202 Å². The lowest BCUT2D eigenvalue weighted by molar-refractivity contribution is -0.384. The summed E-state index contributed by atoms with van der Waals surface area (Å²) in [5.74, 6) is -0.359. The number of pyridine rings is 1. The van der Waals surface area contributed by atoms with Crippen molar-refractivity contribution in [1.82, 2.24) is 24.5 Å². The highest BCUT2D eigenvalue weighted by Gasteiger charge is 2.35. The molecule has 3 N–H and O–H groups in total. The molecule has 0 spiro atoms. The SMILES string of the molecule is COC(=O)N1CCC(C[C@H]2COc3cc(S(=O)(=O)NC(=O)c4ccc(N5CCN(CC6=C(c7ccc(Cl)cc7)CC(C)(C)CC6)CC5)cc4Oc4cnc5[nH]ccc5c4)cc([N+](=O)[O-])c3N2)CC1. The van der Waals surface area contributed by atoms with Crippen LogP contribution in [0.4, 0.5) is 21.9 Å². The first-order chi connectivity index (χ1) is 32.6. The number of fused-ring (bicyclic) bond motifs is 2. The van der Waals surface area contributed by atoms with Gasteiger partial charge in [0.05, 0.1) is 34.7 Å². The molecule has 0 saturated carbocycles. The first-order valence-electron chi connectivity index (χ1n) is 22.9. The predicted molar refractivity (Wildman–Crippen MR) is 259 cm³/mol. The Morgan fingerprint density at radius 2 is 1.78 bits per heavy atom. The van der Waals surface area contributed by atoms with Crippen LogP contribution in [0.5, 0.6) is 17.2 Å². The summed E-state index contributed by atoms with van der Waals surface area (Å²) >= 11 is 6.25. The molecule has 2 aromatic heterocycles. The van der Waals surface area contributed by atoms with Crippen LogP contribution in [0.2, 0.25) is 5.02 Å². The maximum absolute atomic E-state index is 14.1. The van der Waals surface area contributed by atoms with E-state index >= 15 is 0 Å². The van der Waals surface area contributed by atoms with Gasteiger partial charge in [-0.05, 0) is 97.4 Å². The molecule has 3 aliphatic heterocycles. The number of allylic oxidation sites excluding steroid dienone is 1. The van der Waals surface area contributed by atoms with E-state index in [2.05, 4.69) is 55.8 Å². The Balaban J connectivity index is 0.916.